The van der Waals surface area contributed by atoms with Crippen molar-refractivity contribution in [3.8, 4) is 22.8 Å². The number of hydrogen-bond acceptors (Lipinski definition) is 4. The van der Waals surface area contributed by atoms with Crippen molar-refractivity contribution in [3.05, 3.63) is 27.4 Å². The maximum atomic E-state index is 11.3. The van der Waals surface area contributed by atoms with Gasteiger partial charge < -0.3 is 14.6 Å². The molecular weight excluding hydrogens is 376 g/mol. The number of aryl methyl sites for hydroxylation is 1. The van der Waals surface area contributed by atoms with Crippen LogP contribution in [0.2, 0.25) is 0 Å². The summed E-state index contributed by atoms with van der Waals surface area (Å²) in [6, 6.07) is 1.61. The Balaban J connectivity index is 2.02. The van der Waals surface area contributed by atoms with Gasteiger partial charge in [-0.3, -0.25) is 4.68 Å². The molecule has 7 heteroatoms. The number of hydrogen-bond donors (Lipinski definition) is 1. The van der Waals surface area contributed by atoms with Crippen LogP contribution < -0.4 is 9.47 Å². The zero-order chi connectivity index (χ0) is 16.8. The van der Waals surface area contributed by atoms with Gasteiger partial charge in [-0.15, -0.1) is 0 Å². The number of ether oxygens (including phenoxy) is 2. The van der Waals surface area contributed by atoms with Crippen LogP contribution in [0.3, 0.4) is 0 Å². The average Bonchev–Trinajstić information content (AvgIpc) is 2.97. The van der Waals surface area contributed by atoms with E-state index in [1.807, 2.05) is 0 Å². The molecule has 2 aromatic rings. The molecule has 0 radical (unpaired) electrons. The molecule has 2 aliphatic rings. The Morgan fingerprint density at radius 3 is 2.54 bits per heavy atom. The van der Waals surface area contributed by atoms with Crippen molar-refractivity contribution >= 4 is 21.9 Å². The third kappa shape index (κ3) is 2.30. The van der Waals surface area contributed by atoms with Crippen LogP contribution in [-0.4, -0.2) is 34.1 Å². The van der Waals surface area contributed by atoms with E-state index in [0.717, 1.165) is 64.0 Å². The van der Waals surface area contributed by atoms with Gasteiger partial charge in [0, 0.05) is 23.7 Å². The Labute approximate surface area is 147 Å². The first kappa shape index (κ1) is 15.5. The normalized spacial score (nSPS) is 15.9. The first-order chi connectivity index (χ1) is 11.6. The number of carbonyl (C=O) groups is 1. The summed E-state index contributed by atoms with van der Waals surface area (Å²) in [5.41, 5.74) is 3.86. The number of carboxylic acid groups (broad SMARTS) is 1. The summed E-state index contributed by atoms with van der Waals surface area (Å²) in [6.45, 7) is 1.35. The van der Waals surface area contributed by atoms with Crippen LogP contribution in [0.5, 0.6) is 11.5 Å². The molecule has 126 valence electrons. The molecule has 0 saturated heterocycles. The van der Waals surface area contributed by atoms with Crippen molar-refractivity contribution in [2.45, 2.75) is 25.7 Å². The van der Waals surface area contributed by atoms with E-state index in [9.17, 15) is 9.90 Å². The molecule has 1 aromatic heterocycles. The minimum Gasteiger partial charge on any atom is -0.493 e. The number of halogens is 1. The van der Waals surface area contributed by atoms with Gasteiger partial charge in [-0.25, -0.2) is 4.79 Å². The van der Waals surface area contributed by atoms with Crippen LogP contribution in [-0.2, 0) is 19.9 Å². The SMILES string of the molecule is Cn1nc(C(=O)O)cc1-c1c2c(c(Br)c3c1OCCC3)OCCC2. The fourth-order valence-corrected chi connectivity index (χ4v) is 4.20. The number of rotatable bonds is 2. The van der Waals surface area contributed by atoms with E-state index in [0.29, 0.717) is 13.2 Å². The molecule has 6 nitrogen and oxygen atoms in total. The van der Waals surface area contributed by atoms with Gasteiger partial charge in [0.05, 0.1) is 23.4 Å². The molecule has 0 spiro atoms. The summed E-state index contributed by atoms with van der Waals surface area (Å²) < 4.78 is 14.5. The molecule has 24 heavy (non-hydrogen) atoms. The highest BCUT2D eigenvalue weighted by atomic mass is 79.9. The zero-order valence-corrected chi connectivity index (χ0v) is 14.9. The lowest BCUT2D eigenvalue weighted by Gasteiger charge is -2.29. The van der Waals surface area contributed by atoms with Crippen LogP contribution in [0, 0.1) is 0 Å². The van der Waals surface area contributed by atoms with Crippen molar-refractivity contribution in [2.24, 2.45) is 7.05 Å². The smallest absolute Gasteiger partial charge is 0.356 e. The van der Waals surface area contributed by atoms with Gasteiger partial charge in [0.1, 0.15) is 11.5 Å². The molecule has 0 aliphatic carbocycles. The summed E-state index contributed by atoms with van der Waals surface area (Å²) in [4.78, 5) is 11.3. The highest BCUT2D eigenvalue weighted by molar-refractivity contribution is 9.10. The van der Waals surface area contributed by atoms with Gasteiger partial charge >= 0.3 is 5.97 Å². The summed E-state index contributed by atoms with van der Waals surface area (Å²) >= 11 is 3.68. The molecule has 1 aromatic carbocycles. The fourth-order valence-electron chi connectivity index (χ4n) is 3.47. The average molecular weight is 393 g/mol. The predicted molar refractivity (Wildman–Crippen MR) is 90.9 cm³/mol. The molecule has 0 saturated carbocycles. The molecule has 0 unspecified atom stereocenters. The van der Waals surface area contributed by atoms with E-state index in [1.165, 1.54) is 0 Å². The summed E-state index contributed by atoms with van der Waals surface area (Å²) in [5, 5.41) is 13.4. The van der Waals surface area contributed by atoms with E-state index in [4.69, 9.17) is 9.47 Å². The number of fused-ring (bicyclic) bond motifs is 2. The lowest BCUT2D eigenvalue weighted by atomic mass is 9.91. The van der Waals surface area contributed by atoms with Crippen LogP contribution in [0.1, 0.15) is 34.5 Å². The molecule has 0 bridgehead atoms. The van der Waals surface area contributed by atoms with E-state index >= 15 is 0 Å². The Morgan fingerprint density at radius 2 is 1.88 bits per heavy atom. The third-order valence-corrected chi connectivity index (χ3v) is 5.37. The largest absolute Gasteiger partial charge is 0.493 e. The number of aromatic carboxylic acids is 1. The number of benzene rings is 1. The van der Waals surface area contributed by atoms with Crippen molar-refractivity contribution in [2.75, 3.05) is 13.2 Å². The molecule has 0 amide bonds. The summed E-state index contributed by atoms with van der Waals surface area (Å²) in [7, 11) is 1.76. The second-order valence-electron chi connectivity index (χ2n) is 6.05. The summed E-state index contributed by atoms with van der Waals surface area (Å²) in [5.74, 6) is 0.657. The van der Waals surface area contributed by atoms with Gasteiger partial charge in [0.25, 0.3) is 0 Å². The topological polar surface area (TPSA) is 73.6 Å². The van der Waals surface area contributed by atoms with Gasteiger partial charge in [0.2, 0.25) is 0 Å². The molecule has 4 rings (SSSR count). The first-order valence-electron chi connectivity index (χ1n) is 7.98. The van der Waals surface area contributed by atoms with Gasteiger partial charge in [-0.2, -0.15) is 5.10 Å². The van der Waals surface area contributed by atoms with Crippen LogP contribution in [0.4, 0.5) is 0 Å². The minimum atomic E-state index is -1.03. The predicted octanol–water partition coefficient (Wildman–Crippen LogP) is 3.20. The third-order valence-electron chi connectivity index (χ3n) is 4.53. The van der Waals surface area contributed by atoms with Crippen LogP contribution in [0.15, 0.2) is 10.5 Å². The molecule has 0 atom stereocenters. The standard InChI is InChI=1S/C17H17BrN2O4/c1-20-12(8-11(19-20)17(21)22)13-9-4-2-7-24-16(9)14(18)10-5-3-6-23-15(10)13/h8H,2-7H2,1H3,(H,21,22). The highest BCUT2D eigenvalue weighted by Crippen LogP contribution is 2.50. The van der Waals surface area contributed by atoms with Crippen molar-refractivity contribution in [1.29, 1.82) is 0 Å². The Bertz CT molecular complexity index is 807. The Hall–Kier alpha value is -2.02. The molecule has 3 heterocycles. The van der Waals surface area contributed by atoms with Gasteiger partial charge in [-0.05, 0) is 47.7 Å². The maximum absolute atomic E-state index is 11.3. The van der Waals surface area contributed by atoms with Crippen molar-refractivity contribution in [1.82, 2.24) is 9.78 Å². The maximum Gasteiger partial charge on any atom is 0.356 e. The highest BCUT2D eigenvalue weighted by Gasteiger charge is 2.30. The molecule has 2 aliphatic heterocycles. The second-order valence-corrected chi connectivity index (χ2v) is 6.84. The lowest BCUT2D eigenvalue weighted by molar-refractivity contribution is 0.0689. The number of carboxylic acids is 1. The Kier molecular flexibility index (Phi) is 3.75. The zero-order valence-electron chi connectivity index (χ0n) is 13.3. The van der Waals surface area contributed by atoms with Crippen molar-refractivity contribution in [3.63, 3.8) is 0 Å². The van der Waals surface area contributed by atoms with Gasteiger partial charge in [-0.1, -0.05) is 0 Å². The first-order valence-corrected chi connectivity index (χ1v) is 8.77. The number of nitrogens with zero attached hydrogens (tertiary/aromatic N) is 2. The van der Waals surface area contributed by atoms with Crippen LogP contribution >= 0.6 is 15.9 Å². The van der Waals surface area contributed by atoms with E-state index in [1.54, 1.807) is 17.8 Å². The van der Waals surface area contributed by atoms with E-state index in [2.05, 4.69) is 21.0 Å². The van der Waals surface area contributed by atoms with E-state index < -0.39 is 5.97 Å². The lowest BCUT2D eigenvalue weighted by Crippen LogP contribution is -2.17. The quantitative estimate of drug-likeness (QED) is 0.849. The molecule has 0 fully saturated rings. The fraction of sp³-hybridized carbons (Fsp3) is 0.412. The number of aromatic nitrogens is 2. The second kappa shape index (κ2) is 5.81. The molecule has 1 N–H and O–H groups in total. The van der Waals surface area contributed by atoms with Gasteiger partial charge in [0.15, 0.2) is 5.69 Å². The molecular formula is C17H17BrN2O4. The minimum absolute atomic E-state index is 0.0328. The Morgan fingerprint density at radius 1 is 1.21 bits per heavy atom. The summed E-state index contributed by atoms with van der Waals surface area (Å²) in [6.07, 6.45) is 3.65. The monoisotopic (exact) mass is 392 g/mol. The van der Waals surface area contributed by atoms with Crippen LogP contribution in [0.25, 0.3) is 11.3 Å². The van der Waals surface area contributed by atoms with Crippen molar-refractivity contribution < 1.29 is 19.4 Å². The van der Waals surface area contributed by atoms with E-state index in [-0.39, 0.29) is 5.69 Å².